The summed E-state index contributed by atoms with van der Waals surface area (Å²) in [6.07, 6.45) is 32.8. The van der Waals surface area contributed by atoms with E-state index in [0.29, 0.717) is 0 Å². The highest BCUT2D eigenvalue weighted by Crippen LogP contribution is 2.35. The van der Waals surface area contributed by atoms with Crippen LogP contribution in [-0.4, -0.2) is 0 Å². The van der Waals surface area contributed by atoms with Gasteiger partial charge in [0.15, 0.2) is 0 Å². The Bertz CT molecular complexity index is 774. The van der Waals surface area contributed by atoms with Crippen molar-refractivity contribution in [3.05, 3.63) is 46.5 Å². The number of rotatable bonds is 24. The lowest BCUT2D eigenvalue weighted by Crippen LogP contribution is -2.08. The molecule has 0 aliphatic rings. The molecule has 2 aromatic carbocycles. The SMILES string of the molecule is CCCCCCCc1c(CCCCCCC)c(CCCCCCC)c2ccccc2c1CCCCCCC. The summed E-state index contributed by atoms with van der Waals surface area (Å²) in [5.74, 6) is 0. The lowest BCUT2D eigenvalue weighted by molar-refractivity contribution is 0.608. The molecular formula is C38H64. The maximum atomic E-state index is 2.48. The van der Waals surface area contributed by atoms with E-state index in [1.165, 1.54) is 154 Å². The van der Waals surface area contributed by atoms with Crippen LogP contribution in [-0.2, 0) is 25.7 Å². The van der Waals surface area contributed by atoms with Gasteiger partial charge in [-0.05, 0) is 84.4 Å². The Morgan fingerprint density at radius 3 is 0.868 bits per heavy atom. The van der Waals surface area contributed by atoms with Crippen molar-refractivity contribution in [3.8, 4) is 0 Å². The molecule has 0 amide bonds. The van der Waals surface area contributed by atoms with Gasteiger partial charge in [-0.3, -0.25) is 0 Å². The minimum Gasteiger partial charge on any atom is -0.0654 e. The molecule has 0 unspecified atom stereocenters. The number of aryl methyl sites for hydroxylation is 2. The predicted octanol–water partition coefficient (Wildman–Crippen LogP) is 12.9. The van der Waals surface area contributed by atoms with Gasteiger partial charge in [0.2, 0.25) is 0 Å². The third-order valence-corrected chi connectivity index (χ3v) is 8.79. The molecule has 2 rings (SSSR count). The van der Waals surface area contributed by atoms with Gasteiger partial charge in [-0.1, -0.05) is 155 Å². The van der Waals surface area contributed by atoms with E-state index < -0.39 is 0 Å². The third-order valence-electron chi connectivity index (χ3n) is 8.79. The highest BCUT2D eigenvalue weighted by atomic mass is 14.2. The van der Waals surface area contributed by atoms with Crippen molar-refractivity contribution >= 4 is 10.8 Å². The molecule has 2 aromatic rings. The predicted molar refractivity (Wildman–Crippen MR) is 174 cm³/mol. The van der Waals surface area contributed by atoms with Crippen molar-refractivity contribution in [2.24, 2.45) is 0 Å². The van der Waals surface area contributed by atoms with Gasteiger partial charge in [0.25, 0.3) is 0 Å². The average molecular weight is 521 g/mol. The third kappa shape index (κ3) is 11.8. The maximum Gasteiger partial charge on any atom is -0.0146 e. The van der Waals surface area contributed by atoms with Crippen molar-refractivity contribution in [2.75, 3.05) is 0 Å². The molecule has 0 heterocycles. The van der Waals surface area contributed by atoms with Gasteiger partial charge in [0.05, 0.1) is 0 Å². The maximum absolute atomic E-state index is 2.48. The molecule has 0 spiro atoms. The summed E-state index contributed by atoms with van der Waals surface area (Å²) in [6.45, 7) is 9.34. The summed E-state index contributed by atoms with van der Waals surface area (Å²) in [5.41, 5.74) is 7.08. The fraction of sp³-hybridized carbons (Fsp3) is 0.737. The molecule has 0 fully saturated rings. The monoisotopic (exact) mass is 521 g/mol. The van der Waals surface area contributed by atoms with Crippen molar-refractivity contribution in [1.29, 1.82) is 0 Å². The van der Waals surface area contributed by atoms with E-state index in [2.05, 4.69) is 52.0 Å². The summed E-state index contributed by atoms with van der Waals surface area (Å²) in [6, 6.07) is 9.57. The van der Waals surface area contributed by atoms with Gasteiger partial charge in [-0.2, -0.15) is 0 Å². The lowest BCUT2D eigenvalue weighted by Gasteiger charge is -2.24. The molecule has 0 bridgehead atoms. The van der Waals surface area contributed by atoms with Crippen LogP contribution in [0, 0.1) is 0 Å². The van der Waals surface area contributed by atoms with E-state index in [0.717, 1.165) is 0 Å². The van der Waals surface area contributed by atoms with Crippen LogP contribution >= 0.6 is 0 Å². The Labute approximate surface area is 238 Å². The summed E-state index contributed by atoms with van der Waals surface area (Å²) < 4.78 is 0. The molecule has 0 N–H and O–H groups in total. The number of hydrogen-bond acceptors (Lipinski definition) is 0. The van der Waals surface area contributed by atoms with E-state index >= 15 is 0 Å². The Hall–Kier alpha value is -1.30. The standard InChI is InChI=1S/C38H64/c1-5-9-13-17-21-27-33-34(28-22-18-14-10-6-2)36(30-24-20-16-12-8-4)38-32-26-25-31-37(38)35(33)29-23-19-15-11-7-3/h25-26,31-32H,5-24,27-30H2,1-4H3. The second kappa shape index (κ2) is 21.5. The normalized spacial score (nSPS) is 11.6. The largest absolute Gasteiger partial charge is 0.0654 e. The van der Waals surface area contributed by atoms with Crippen LogP contribution < -0.4 is 0 Å². The van der Waals surface area contributed by atoms with Gasteiger partial charge >= 0.3 is 0 Å². The van der Waals surface area contributed by atoms with Crippen molar-refractivity contribution < 1.29 is 0 Å². The van der Waals surface area contributed by atoms with Crippen molar-refractivity contribution in [3.63, 3.8) is 0 Å². The molecule has 0 aromatic heterocycles. The Kier molecular flexibility index (Phi) is 18.6. The molecule has 38 heavy (non-hydrogen) atoms. The number of benzene rings is 2. The Balaban J connectivity index is 2.42. The van der Waals surface area contributed by atoms with E-state index in [-0.39, 0.29) is 0 Å². The molecule has 0 nitrogen and oxygen atoms in total. The first-order valence-corrected chi connectivity index (χ1v) is 17.3. The second-order valence-electron chi connectivity index (χ2n) is 12.1. The first kappa shape index (κ1) is 32.9. The zero-order valence-corrected chi connectivity index (χ0v) is 26.3. The summed E-state index contributed by atoms with van der Waals surface area (Å²) >= 11 is 0. The van der Waals surface area contributed by atoms with Crippen molar-refractivity contribution in [1.82, 2.24) is 0 Å². The van der Waals surface area contributed by atoms with E-state index in [1.54, 1.807) is 33.0 Å². The van der Waals surface area contributed by atoms with Crippen LogP contribution in [0.5, 0.6) is 0 Å². The highest BCUT2D eigenvalue weighted by molar-refractivity contribution is 5.91. The van der Waals surface area contributed by atoms with Crippen LogP contribution in [0.3, 0.4) is 0 Å². The summed E-state index contributed by atoms with van der Waals surface area (Å²) in [7, 11) is 0. The van der Waals surface area contributed by atoms with Gasteiger partial charge in [0, 0.05) is 0 Å². The average Bonchev–Trinajstić information content (AvgIpc) is 2.94. The fourth-order valence-electron chi connectivity index (χ4n) is 6.49. The molecule has 0 aliphatic carbocycles. The molecule has 0 atom stereocenters. The lowest BCUT2D eigenvalue weighted by atomic mass is 9.81. The molecule has 0 aliphatic heterocycles. The highest BCUT2D eigenvalue weighted by Gasteiger charge is 2.18. The topological polar surface area (TPSA) is 0 Å². The van der Waals surface area contributed by atoms with Gasteiger partial charge < -0.3 is 0 Å². The van der Waals surface area contributed by atoms with Crippen LogP contribution in [0.15, 0.2) is 24.3 Å². The zero-order chi connectivity index (χ0) is 27.3. The number of unbranched alkanes of at least 4 members (excludes halogenated alkanes) is 16. The molecule has 0 saturated carbocycles. The Morgan fingerprint density at radius 1 is 0.316 bits per heavy atom. The van der Waals surface area contributed by atoms with E-state index in [4.69, 9.17) is 0 Å². The molecule has 216 valence electrons. The first-order valence-electron chi connectivity index (χ1n) is 17.3. The zero-order valence-electron chi connectivity index (χ0n) is 26.3. The molecule has 0 saturated heterocycles. The van der Waals surface area contributed by atoms with Crippen LogP contribution in [0.25, 0.3) is 10.8 Å². The van der Waals surface area contributed by atoms with Gasteiger partial charge in [0.1, 0.15) is 0 Å². The molecular weight excluding hydrogens is 456 g/mol. The fourth-order valence-corrected chi connectivity index (χ4v) is 6.49. The smallest absolute Gasteiger partial charge is 0.0146 e. The second-order valence-corrected chi connectivity index (χ2v) is 12.1. The molecule has 0 radical (unpaired) electrons. The summed E-state index contributed by atoms with van der Waals surface area (Å²) in [5, 5.41) is 3.20. The molecule has 0 heteroatoms. The summed E-state index contributed by atoms with van der Waals surface area (Å²) in [4.78, 5) is 0. The van der Waals surface area contributed by atoms with Crippen LogP contribution in [0.1, 0.15) is 178 Å². The van der Waals surface area contributed by atoms with Gasteiger partial charge in [-0.25, -0.2) is 0 Å². The van der Waals surface area contributed by atoms with E-state index in [1.807, 2.05) is 0 Å². The number of hydrogen-bond donors (Lipinski definition) is 0. The Morgan fingerprint density at radius 2 is 0.579 bits per heavy atom. The van der Waals surface area contributed by atoms with E-state index in [9.17, 15) is 0 Å². The first-order chi connectivity index (χ1) is 18.8. The quantitative estimate of drug-likeness (QED) is 0.121. The minimum absolute atomic E-state index is 1.29. The van der Waals surface area contributed by atoms with Crippen molar-refractivity contribution in [2.45, 2.75) is 182 Å². The van der Waals surface area contributed by atoms with Gasteiger partial charge in [-0.15, -0.1) is 0 Å². The number of fused-ring (bicyclic) bond motifs is 1. The minimum atomic E-state index is 1.29. The van der Waals surface area contributed by atoms with Crippen LogP contribution in [0.2, 0.25) is 0 Å². The van der Waals surface area contributed by atoms with Crippen LogP contribution in [0.4, 0.5) is 0 Å².